The minimum atomic E-state index is 0.358. The van der Waals surface area contributed by atoms with Crippen molar-refractivity contribution in [1.82, 2.24) is 9.80 Å². The molecule has 5 rings (SSSR count). The van der Waals surface area contributed by atoms with Crippen molar-refractivity contribution in [3.8, 4) is 0 Å². The zero-order valence-corrected chi connectivity index (χ0v) is 17.8. The molecule has 29 heavy (non-hydrogen) atoms. The van der Waals surface area contributed by atoms with E-state index in [1.54, 1.807) is 16.7 Å². The molecule has 0 fully saturated rings. The van der Waals surface area contributed by atoms with Gasteiger partial charge in [-0.25, -0.2) is 0 Å². The maximum Gasteiger partial charge on any atom is 0.103 e. The highest BCUT2D eigenvalue weighted by Crippen LogP contribution is 2.46. The Morgan fingerprint density at radius 2 is 1.83 bits per heavy atom. The van der Waals surface area contributed by atoms with Crippen LogP contribution in [-0.4, -0.2) is 23.0 Å². The van der Waals surface area contributed by atoms with Gasteiger partial charge in [-0.1, -0.05) is 54.7 Å². The molecule has 0 aromatic carbocycles. The smallest absolute Gasteiger partial charge is 0.103 e. The third-order valence-electron chi connectivity index (χ3n) is 7.06. The summed E-state index contributed by atoms with van der Waals surface area (Å²) in [7, 11) is 2.26. The first kappa shape index (κ1) is 18.5. The van der Waals surface area contributed by atoms with E-state index < -0.39 is 0 Å². The molecule has 2 nitrogen and oxygen atoms in total. The average molecular weight is 385 g/mol. The monoisotopic (exact) mass is 384 g/mol. The van der Waals surface area contributed by atoms with E-state index in [9.17, 15) is 0 Å². The van der Waals surface area contributed by atoms with Gasteiger partial charge in [0.15, 0.2) is 0 Å². The summed E-state index contributed by atoms with van der Waals surface area (Å²) in [5, 5.41) is 0. The zero-order valence-electron chi connectivity index (χ0n) is 17.8. The highest BCUT2D eigenvalue weighted by Gasteiger charge is 2.38. The highest BCUT2D eigenvalue weighted by molar-refractivity contribution is 5.53. The van der Waals surface area contributed by atoms with Gasteiger partial charge >= 0.3 is 0 Å². The van der Waals surface area contributed by atoms with Crippen LogP contribution >= 0.6 is 0 Å². The quantitative estimate of drug-likeness (QED) is 0.546. The molecule has 2 heteroatoms. The minimum Gasteiger partial charge on any atom is -0.353 e. The summed E-state index contributed by atoms with van der Waals surface area (Å²) in [5.74, 6) is 0.492. The van der Waals surface area contributed by atoms with Gasteiger partial charge in [-0.15, -0.1) is 0 Å². The van der Waals surface area contributed by atoms with Gasteiger partial charge in [-0.2, -0.15) is 0 Å². The van der Waals surface area contributed by atoms with Crippen LogP contribution in [0.25, 0.3) is 0 Å². The van der Waals surface area contributed by atoms with Crippen LogP contribution in [0, 0.1) is 5.92 Å². The molecule has 5 aliphatic rings. The molecule has 150 valence electrons. The predicted molar refractivity (Wildman–Crippen MR) is 122 cm³/mol. The lowest BCUT2D eigenvalue weighted by Crippen LogP contribution is -2.37. The number of allylic oxidation sites excluding steroid dienone is 14. The number of nitrogens with zero attached hydrogens (tertiary/aromatic N) is 2. The Kier molecular flexibility index (Phi) is 4.95. The van der Waals surface area contributed by atoms with Gasteiger partial charge in [0.25, 0.3) is 0 Å². The second-order valence-electron chi connectivity index (χ2n) is 8.73. The largest absolute Gasteiger partial charge is 0.353 e. The first-order valence-corrected chi connectivity index (χ1v) is 11.3. The normalized spacial score (nSPS) is 28.9. The van der Waals surface area contributed by atoms with Crippen molar-refractivity contribution < 1.29 is 0 Å². The molecular weight excluding hydrogens is 352 g/mol. The van der Waals surface area contributed by atoms with Crippen molar-refractivity contribution in [2.24, 2.45) is 5.92 Å². The first-order chi connectivity index (χ1) is 14.3. The fourth-order valence-electron chi connectivity index (χ4n) is 5.48. The van der Waals surface area contributed by atoms with Gasteiger partial charge in [0.1, 0.15) is 6.17 Å². The van der Waals surface area contributed by atoms with Crippen molar-refractivity contribution in [3.05, 3.63) is 94.6 Å². The SMILES string of the molecule is CC1N(C)C2=C(CCC=C2)N1C1=C(C2=CC=CCC2)CCC=C1C1C=CC=CC1. The molecule has 0 amide bonds. The summed E-state index contributed by atoms with van der Waals surface area (Å²) in [6.07, 6.45) is 31.7. The van der Waals surface area contributed by atoms with Crippen LogP contribution in [0.15, 0.2) is 94.6 Å². The Labute approximate surface area is 175 Å². The second-order valence-corrected chi connectivity index (χ2v) is 8.73. The molecule has 2 atom stereocenters. The number of hydrogen-bond donors (Lipinski definition) is 0. The minimum absolute atomic E-state index is 0.358. The molecule has 1 aliphatic heterocycles. The summed E-state index contributed by atoms with van der Waals surface area (Å²) in [4.78, 5) is 5.16. The van der Waals surface area contributed by atoms with Crippen molar-refractivity contribution in [3.63, 3.8) is 0 Å². The predicted octanol–water partition coefficient (Wildman–Crippen LogP) is 6.52. The van der Waals surface area contributed by atoms with Crippen molar-refractivity contribution in [1.29, 1.82) is 0 Å². The van der Waals surface area contributed by atoms with Crippen LogP contribution in [0.1, 0.15) is 51.9 Å². The van der Waals surface area contributed by atoms with Crippen molar-refractivity contribution in [2.75, 3.05) is 7.05 Å². The molecule has 0 N–H and O–H groups in total. The summed E-state index contributed by atoms with van der Waals surface area (Å²) in [5.41, 5.74) is 9.15. The average Bonchev–Trinajstić information content (AvgIpc) is 3.04. The fourth-order valence-corrected chi connectivity index (χ4v) is 5.48. The van der Waals surface area contributed by atoms with Crippen LogP contribution in [0.4, 0.5) is 0 Å². The van der Waals surface area contributed by atoms with E-state index in [2.05, 4.69) is 84.5 Å². The maximum atomic E-state index is 2.70. The molecule has 0 bridgehead atoms. The van der Waals surface area contributed by atoms with Crippen LogP contribution in [0.5, 0.6) is 0 Å². The number of likely N-dealkylation sites (N-methyl/N-ethyl adjacent to an activating group) is 1. The van der Waals surface area contributed by atoms with Gasteiger partial charge in [0, 0.05) is 24.4 Å². The number of rotatable bonds is 3. The van der Waals surface area contributed by atoms with Crippen molar-refractivity contribution >= 4 is 0 Å². The van der Waals surface area contributed by atoms with Crippen LogP contribution < -0.4 is 0 Å². The fraction of sp³-hybridized carbons (Fsp3) is 0.407. The van der Waals surface area contributed by atoms with Crippen LogP contribution in [0.2, 0.25) is 0 Å². The van der Waals surface area contributed by atoms with E-state index in [1.165, 1.54) is 29.9 Å². The lowest BCUT2D eigenvalue weighted by molar-refractivity contribution is 0.214. The van der Waals surface area contributed by atoms with Crippen LogP contribution in [0.3, 0.4) is 0 Å². The van der Waals surface area contributed by atoms with Gasteiger partial charge in [-0.3, -0.25) is 0 Å². The lowest BCUT2D eigenvalue weighted by atomic mass is 9.80. The van der Waals surface area contributed by atoms with Gasteiger partial charge < -0.3 is 9.80 Å². The summed E-state index contributed by atoms with van der Waals surface area (Å²) >= 11 is 0. The molecule has 0 saturated carbocycles. The molecule has 0 spiro atoms. The zero-order chi connectivity index (χ0) is 19.8. The Morgan fingerprint density at radius 3 is 2.62 bits per heavy atom. The molecule has 1 heterocycles. The molecule has 4 aliphatic carbocycles. The van der Waals surface area contributed by atoms with E-state index in [1.807, 2.05) is 0 Å². The molecule has 0 radical (unpaired) electrons. The standard InChI is InChI=1S/C27H32N2/c1-20-28(2)25-18-9-10-19-26(25)29(20)27-23(21-12-5-3-6-13-21)16-11-17-24(27)22-14-7-4-8-15-22/h3-7,9,12,14,16,18,20-21H,8,10-11,13,15,17,19H2,1-2H3. The summed E-state index contributed by atoms with van der Waals surface area (Å²) in [6.45, 7) is 2.37. The van der Waals surface area contributed by atoms with Gasteiger partial charge in [0.05, 0.1) is 5.70 Å². The molecule has 0 saturated heterocycles. The second kappa shape index (κ2) is 7.74. The Hall–Kier alpha value is -2.48. The molecule has 0 aromatic rings. The molecular formula is C27H32N2. The van der Waals surface area contributed by atoms with E-state index in [4.69, 9.17) is 0 Å². The maximum absolute atomic E-state index is 2.70. The van der Waals surface area contributed by atoms with Gasteiger partial charge in [0.2, 0.25) is 0 Å². The third-order valence-corrected chi connectivity index (χ3v) is 7.06. The summed E-state index contributed by atoms with van der Waals surface area (Å²) in [6, 6.07) is 0. The van der Waals surface area contributed by atoms with E-state index in [0.717, 1.165) is 32.1 Å². The molecule has 2 unspecified atom stereocenters. The Balaban J connectivity index is 1.66. The van der Waals surface area contributed by atoms with Crippen molar-refractivity contribution in [2.45, 2.75) is 58.0 Å². The number of hydrogen-bond acceptors (Lipinski definition) is 2. The Morgan fingerprint density at radius 1 is 0.931 bits per heavy atom. The van der Waals surface area contributed by atoms with Gasteiger partial charge in [-0.05, 0) is 74.7 Å². The summed E-state index contributed by atoms with van der Waals surface area (Å²) < 4.78 is 0. The topological polar surface area (TPSA) is 6.48 Å². The van der Waals surface area contributed by atoms with E-state index in [0.29, 0.717) is 12.1 Å². The van der Waals surface area contributed by atoms with Crippen LogP contribution in [-0.2, 0) is 0 Å². The highest BCUT2D eigenvalue weighted by atomic mass is 15.4. The molecule has 0 aromatic heterocycles. The first-order valence-electron chi connectivity index (χ1n) is 11.3. The van der Waals surface area contributed by atoms with E-state index in [-0.39, 0.29) is 0 Å². The third kappa shape index (κ3) is 3.19. The van der Waals surface area contributed by atoms with E-state index >= 15 is 0 Å². The Bertz CT molecular complexity index is 932. The lowest BCUT2D eigenvalue weighted by Gasteiger charge is -2.39.